The zero-order valence-corrected chi connectivity index (χ0v) is 12.4. The summed E-state index contributed by atoms with van der Waals surface area (Å²) in [5.41, 5.74) is 0.427. The van der Waals surface area contributed by atoms with Crippen LogP contribution in [0.15, 0.2) is 22.7 Å². The van der Waals surface area contributed by atoms with Crippen molar-refractivity contribution in [3.8, 4) is 0 Å². The summed E-state index contributed by atoms with van der Waals surface area (Å²) < 4.78 is 19.3. The quantitative estimate of drug-likeness (QED) is 0.858. The Morgan fingerprint density at radius 1 is 1.53 bits per heavy atom. The Morgan fingerprint density at radius 2 is 2.26 bits per heavy atom. The summed E-state index contributed by atoms with van der Waals surface area (Å²) in [5, 5.41) is 2.72. The minimum Gasteiger partial charge on any atom is -0.375 e. The van der Waals surface area contributed by atoms with Crippen molar-refractivity contribution < 1.29 is 13.9 Å². The number of carbonyl (C=O) groups is 1. The lowest BCUT2D eigenvalue weighted by Crippen LogP contribution is -2.52. The molecule has 6 heteroatoms. The maximum absolute atomic E-state index is 13.2. The first-order valence-corrected chi connectivity index (χ1v) is 6.92. The molecule has 1 aliphatic rings. The molecule has 104 valence electrons. The number of urea groups is 1. The highest BCUT2D eigenvalue weighted by Gasteiger charge is 2.29. The lowest BCUT2D eigenvalue weighted by molar-refractivity contribution is -0.0355. The summed E-state index contributed by atoms with van der Waals surface area (Å²) in [5.74, 6) is -0.387. The molecule has 0 spiro atoms. The average molecular weight is 331 g/mol. The Balaban J connectivity index is 2.10. The molecule has 0 aromatic heterocycles. The smallest absolute Gasteiger partial charge is 0.322 e. The molecule has 1 heterocycles. The molecule has 1 aromatic rings. The van der Waals surface area contributed by atoms with Gasteiger partial charge in [0.25, 0.3) is 0 Å². The van der Waals surface area contributed by atoms with Crippen LogP contribution < -0.4 is 5.32 Å². The molecule has 0 radical (unpaired) electrons. The molecule has 0 bridgehead atoms. The van der Waals surface area contributed by atoms with E-state index in [1.54, 1.807) is 11.0 Å². The zero-order valence-electron chi connectivity index (χ0n) is 10.8. The largest absolute Gasteiger partial charge is 0.375 e. The van der Waals surface area contributed by atoms with Gasteiger partial charge >= 0.3 is 6.03 Å². The van der Waals surface area contributed by atoms with Crippen LogP contribution in [0.2, 0.25) is 0 Å². The maximum Gasteiger partial charge on any atom is 0.322 e. The molecule has 0 saturated carbocycles. The van der Waals surface area contributed by atoms with E-state index in [4.69, 9.17) is 4.74 Å². The van der Waals surface area contributed by atoms with Crippen LogP contribution in [-0.2, 0) is 4.74 Å². The third-order valence-corrected chi connectivity index (χ3v) is 4.01. The van der Waals surface area contributed by atoms with Gasteiger partial charge in [-0.3, -0.25) is 0 Å². The molecular weight excluding hydrogens is 315 g/mol. The normalized spacial score (nSPS) is 23.3. The summed E-state index contributed by atoms with van der Waals surface area (Å²) >= 11 is 3.29. The number of anilines is 1. The number of nitrogens with one attached hydrogen (secondary N) is 1. The minimum absolute atomic E-state index is 0.00421. The van der Waals surface area contributed by atoms with Crippen molar-refractivity contribution in [1.82, 2.24) is 4.90 Å². The molecule has 2 atom stereocenters. The second-order valence-electron chi connectivity index (χ2n) is 4.56. The van der Waals surface area contributed by atoms with Crippen LogP contribution in [0.4, 0.5) is 14.9 Å². The van der Waals surface area contributed by atoms with Gasteiger partial charge in [0.1, 0.15) is 5.82 Å². The van der Waals surface area contributed by atoms with E-state index in [0.717, 1.165) is 0 Å². The van der Waals surface area contributed by atoms with Crippen LogP contribution in [0.1, 0.15) is 13.8 Å². The molecule has 1 N–H and O–H groups in total. The van der Waals surface area contributed by atoms with Gasteiger partial charge < -0.3 is 15.0 Å². The topological polar surface area (TPSA) is 41.6 Å². The fourth-order valence-corrected chi connectivity index (χ4v) is 2.35. The molecule has 1 fully saturated rings. The highest BCUT2D eigenvalue weighted by Crippen LogP contribution is 2.24. The van der Waals surface area contributed by atoms with E-state index in [1.807, 2.05) is 13.8 Å². The van der Waals surface area contributed by atoms with E-state index in [1.165, 1.54) is 12.1 Å². The fraction of sp³-hybridized carbons (Fsp3) is 0.462. The van der Waals surface area contributed by atoms with Gasteiger partial charge in [-0.2, -0.15) is 0 Å². The Morgan fingerprint density at radius 3 is 3.00 bits per heavy atom. The number of carbonyl (C=O) groups excluding carboxylic acids is 1. The predicted molar refractivity (Wildman–Crippen MR) is 74.7 cm³/mol. The Labute approximate surface area is 120 Å². The van der Waals surface area contributed by atoms with Crippen molar-refractivity contribution in [2.45, 2.75) is 26.0 Å². The van der Waals surface area contributed by atoms with Crippen molar-refractivity contribution in [2.24, 2.45) is 0 Å². The first kappa shape index (κ1) is 14.3. The number of benzene rings is 1. The number of hydrogen-bond donors (Lipinski definition) is 1. The molecule has 2 amide bonds. The van der Waals surface area contributed by atoms with Gasteiger partial charge in [-0.15, -0.1) is 0 Å². The Bertz CT molecular complexity index is 484. The van der Waals surface area contributed by atoms with Gasteiger partial charge in [0, 0.05) is 11.0 Å². The molecule has 0 unspecified atom stereocenters. The maximum atomic E-state index is 13.2. The third-order valence-electron chi connectivity index (χ3n) is 3.31. The monoisotopic (exact) mass is 330 g/mol. The highest BCUT2D eigenvalue weighted by molar-refractivity contribution is 9.10. The van der Waals surface area contributed by atoms with Crippen LogP contribution in [0.25, 0.3) is 0 Å². The van der Waals surface area contributed by atoms with E-state index in [-0.39, 0.29) is 24.0 Å². The molecule has 1 aliphatic heterocycles. The number of morpholine rings is 1. The lowest BCUT2D eigenvalue weighted by Gasteiger charge is -2.37. The van der Waals surface area contributed by atoms with E-state index >= 15 is 0 Å². The van der Waals surface area contributed by atoms with Crippen molar-refractivity contribution in [2.75, 3.05) is 18.5 Å². The number of ether oxygens (including phenoxy) is 1. The van der Waals surface area contributed by atoms with Crippen LogP contribution in [-0.4, -0.2) is 36.2 Å². The summed E-state index contributed by atoms with van der Waals surface area (Å²) in [6, 6.07) is 3.93. The van der Waals surface area contributed by atoms with Crippen molar-refractivity contribution in [1.29, 1.82) is 0 Å². The zero-order chi connectivity index (χ0) is 14.0. The second-order valence-corrected chi connectivity index (χ2v) is 5.42. The molecule has 1 saturated heterocycles. The molecule has 2 rings (SSSR count). The van der Waals surface area contributed by atoms with Crippen molar-refractivity contribution in [3.05, 3.63) is 28.5 Å². The van der Waals surface area contributed by atoms with Crippen molar-refractivity contribution >= 4 is 27.6 Å². The summed E-state index contributed by atoms with van der Waals surface area (Å²) in [6.45, 7) is 4.92. The van der Waals surface area contributed by atoms with Crippen LogP contribution in [0, 0.1) is 5.82 Å². The van der Waals surface area contributed by atoms with E-state index < -0.39 is 0 Å². The van der Waals surface area contributed by atoms with Crippen LogP contribution >= 0.6 is 15.9 Å². The number of nitrogens with zero attached hydrogens (tertiary/aromatic N) is 1. The number of halogens is 2. The van der Waals surface area contributed by atoms with Gasteiger partial charge in [0.15, 0.2) is 0 Å². The SMILES string of the molecule is C[C@@H]1OCCN(C(=O)Nc2cc(F)ccc2Br)[C@H]1C. The van der Waals surface area contributed by atoms with Crippen molar-refractivity contribution in [3.63, 3.8) is 0 Å². The fourth-order valence-electron chi connectivity index (χ4n) is 2.00. The Hall–Kier alpha value is -1.14. The Kier molecular flexibility index (Phi) is 4.42. The molecule has 19 heavy (non-hydrogen) atoms. The molecular formula is C13H16BrFN2O2. The van der Waals surface area contributed by atoms with Gasteiger partial charge in [-0.1, -0.05) is 0 Å². The highest BCUT2D eigenvalue weighted by atomic mass is 79.9. The summed E-state index contributed by atoms with van der Waals surface area (Å²) in [7, 11) is 0. The van der Waals surface area contributed by atoms with E-state index in [2.05, 4.69) is 21.2 Å². The van der Waals surface area contributed by atoms with Gasteiger partial charge in [-0.25, -0.2) is 9.18 Å². The third kappa shape index (κ3) is 3.25. The standard InChI is InChI=1S/C13H16BrFN2O2/c1-8-9(2)19-6-5-17(8)13(18)16-12-7-10(15)3-4-11(12)14/h3-4,7-9H,5-6H2,1-2H3,(H,16,18)/t8-,9-/m0/s1. The molecule has 4 nitrogen and oxygen atoms in total. The van der Waals surface area contributed by atoms with Gasteiger partial charge in [0.05, 0.1) is 24.4 Å². The number of amides is 2. The van der Waals surface area contributed by atoms with E-state index in [9.17, 15) is 9.18 Å². The van der Waals surface area contributed by atoms with Crippen LogP contribution in [0.5, 0.6) is 0 Å². The summed E-state index contributed by atoms with van der Waals surface area (Å²) in [6.07, 6.45) is -0.00421. The minimum atomic E-state index is -0.387. The average Bonchev–Trinajstić information content (AvgIpc) is 2.37. The van der Waals surface area contributed by atoms with Gasteiger partial charge in [0.2, 0.25) is 0 Å². The lowest BCUT2D eigenvalue weighted by atomic mass is 10.1. The molecule has 0 aliphatic carbocycles. The molecule has 1 aromatic carbocycles. The first-order valence-electron chi connectivity index (χ1n) is 6.13. The first-order chi connectivity index (χ1) is 8.99. The number of rotatable bonds is 1. The van der Waals surface area contributed by atoms with Gasteiger partial charge in [-0.05, 0) is 48.0 Å². The second kappa shape index (κ2) is 5.88. The number of hydrogen-bond acceptors (Lipinski definition) is 2. The van der Waals surface area contributed by atoms with E-state index in [0.29, 0.717) is 23.3 Å². The van der Waals surface area contributed by atoms with Crippen LogP contribution in [0.3, 0.4) is 0 Å². The predicted octanol–water partition coefficient (Wildman–Crippen LogP) is 3.23. The summed E-state index contributed by atoms with van der Waals surface area (Å²) in [4.78, 5) is 13.9.